The summed E-state index contributed by atoms with van der Waals surface area (Å²) in [7, 11) is 0. The topological polar surface area (TPSA) is 72.7 Å². The predicted molar refractivity (Wildman–Crippen MR) is 114 cm³/mol. The fourth-order valence-corrected chi connectivity index (χ4v) is 5.28. The van der Waals surface area contributed by atoms with Crippen LogP contribution < -0.4 is 5.32 Å². The molecular formula is C21H22ClN3O3S. The smallest absolute Gasteiger partial charge is 0.341 e. The Labute approximate surface area is 177 Å². The van der Waals surface area contributed by atoms with Gasteiger partial charge in [-0.05, 0) is 49.8 Å². The average molecular weight is 432 g/mol. The number of esters is 1. The SMILES string of the molecule is CCOC(=O)c1c(NC(=O)Cc2cn3cc(Cl)ccc3n2)sc2c1CCC(C)C2. The van der Waals surface area contributed by atoms with E-state index < -0.39 is 0 Å². The Morgan fingerprint density at radius 2 is 2.21 bits per heavy atom. The van der Waals surface area contributed by atoms with Gasteiger partial charge in [-0.15, -0.1) is 11.3 Å². The molecule has 1 atom stereocenters. The van der Waals surface area contributed by atoms with E-state index in [1.807, 2.05) is 0 Å². The van der Waals surface area contributed by atoms with Crippen molar-refractivity contribution in [2.75, 3.05) is 11.9 Å². The third-order valence-corrected chi connectivity index (χ3v) is 6.44. The van der Waals surface area contributed by atoms with Gasteiger partial charge in [0.25, 0.3) is 0 Å². The molecule has 0 saturated carbocycles. The molecule has 1 N–H and O–H groups in total. The highest BCUT2D eigenvalue weighted by Crippen LogP contribution is 2.40. The number of thiophene rings is 1. The number of imidazole rings is 1. The molecule has 6 nitrogen and oxygen atoms in total. The van der Waals surface area contributed by atoms with Gasteiger partial charge in [0.05, 0.1) is 29.3 Å². The van der Waals surface area contributed by atoms with Gasteiger partial charge in [-0.3, -0.25) is 4.79 Å². The van der Waals surface area contributed by atoms with Crippen LogP contribution in [0, 0.1) is 5.92 Å². The Hall–Kier alpha value is -2.38. The van der Waals surface area contributed by atoms with Crippen LogP contribution in [0.25, 0.3) is 5.65 Å². The molecule has 1 amide bonds. The minimum absolute atomic E-state index is 0.112. The molecule has 8 heteroatoms. The molecule has 0 aromatic carbocycles. The lowest BCUT2D eigenvalue weighted by molar-refractivity contribution is -0.115. The number of pyridine rings is 1. The molecule has 0 aliphatic heterocycles. The minimum atomic E-state index is -0.364. The summed E-state index contributed by atoms with van der Waals surface area (Å²) >= 11 is 7.49. The van der Waals surface area contributed by atoms with Crippen LogP contribution >= 0.6 is 22.9 Å². The molecule has 3 aromatic rings. The van der Waals surface area contributed by atoms with E-state index in [0.717, 1.165) is 30.5 Å². The molecule has 0 fully saturated rings. The number of fused-ring (bicyclic) bond motifs is 2. The highest BCUT2D eigenvalue weighted by Gasteiger charge is 2.29. The Bertz CT molecular complexity index is 1090. The molecule has 1 aliphatic carbocycles. The van der Waals surface area contributed by atoms with Crippen LogP contribution in [-0.4, -0.2) is 27.9 Å². The molecule has 0 radical (unpaired) electrons. The van der Waals surface area contributed by atoms with Crippen molar-refractivity contribution in [3.63, 3.8) is 0 Å². The van der Waals surface area contributed by atoms with Crippen LogP contribution in [0.15, 0.2) is 24.5 Å². The summed E-state index contributed by atoms with van der Waals surface area (Å²) < 4.78 is 7.05. The van der Waals surface area contributed by atoms with Gasteiger partial charge in [-0.2, -0.15) is 0 Å². The Morgan fingerprint density at radius 1 is 1.38 bits per heavy atom. The molecule has 0 bridgehead atoms. The number of nitrogens with zero attached hydrogens (tertiary/aromatic N) is 2. The zero-order valence-corrected chi connectivity index (χ0v) is 17.9. The van der Waals surface area contributed by atoms with Gasteiger partial charge in [0, 0.05) is 17.3 Å². The molecule has 3 heterocycles. The number of nitrogens with one attached hydrogen (secondary N) is 1. The van der Waals surface area contributed by atoms with Crippen LogP contribution in [-0.2, 0) is 28.8 Å². The van der Waals surface area contributed by atoms with Crippen molar-refractivity contribution in [1.82, 2.24) is 9.38 Å². The van der Waals surface area contributed by atoms with Crippen molar-refractivity contribution in [2.45, 2.75) is 39.5 Å². The second-order valence-corrected chi connectivity index (χ2v) is 8.89. The summed E-state index contributed by atoms with van der Waals surface area (Å²) in [5.41, 5.74) is 2.92. The summed E-state index contributed by atoms with van der Waals surface area (Å²) in [5.74, 6) is -0.00142. The second kappa shape index (κ2) is 8.16. The first-order valence-corrected chi connectivity index (χ1v) is 10.9. The summed E-state index contributed by atoms with van der Waals surface area (Å²) in [6.45, 7) is 4.30. The van der Waals surface area contributed by atoms with Gasteiger partial charge in [0.1, 0.15) is 10.6 Å². The van der Waals surface area contributed by atoms with E-state index >= 15 is 0 Å². The van der Waals surface area contributed by atoms with Gasteiger partial charge >= 0.3 is 5.97 Å². The normalized spacial score (nSPS) is 15.9. The number of hydrogen-bond acceptors (Lipinski definition) is 5. The molecule has 0 saturated heterocycles. The molecule has 29 heavy (non-hydrogen) atoms. The first kappa shape index (κ1) is 19.9. The Kier molecular flexibility index (Phi) is 5.61. The fourth-order valence-electron chi connectivity index (χ4n) is 3.70. The van der Waals surface area contributed by atoms with E-state index in [1.165, 1.54) is 16.2 Å². The third-order valence-electron chi connectivity index (χ3n) is 5.05. The Balaban J connectivity index is 1.57. The first-order chi connectivity index (χ1) is 13.9. The third kappa shape index (κ3) is 4.16. The van der Waals surface area contributed by atoms with Crippen LogP contribution in [0.5, 0.6) is 0 Å². The summed E-state index contributed by atoms with van der Waals surface area (Å²) in [6, 6.07) is 3.56. The maximum absolute atomic E-state index is 12.7. The van der Waals surface area contributed by atoms with Crippen molar-refractivity contribution < 1.29 is 14.3 Å². The Morgan fingerprint density at radius 3 is 3.00 bits per heavy atom. The zero-order chi connectivity index (χ0) is 20.5. The van der Waals surface area contributed by atoms with E-state index in [4.69, 9.17) is 16.3 Å². The number of amides is 1. The number of carbonyl (C=O) groups is 2. The summed E-state index contributed by atoms with van der Waals surface area (Å²) in [6.07, 6.45) is 6.44. The van der Waals surface area contributed by atoms with Crippen molar-refractivity contribution in [3.8, 4) is 0 Å². The monoisotopic (exact) mass is 431 g/mol. The number of anilines is 1. The van der Waals surface area contributed by atoms with Crippen LogP contribution in [0.3, 0.4) is 0 Å². The molecule has 152 valence electrons. The molecular weight excluding hydrogens is 410 g/mol. The standard InChI is InChI=1S/C21H22ClN3O3S/c1-3-28-21(27)19-15-6-4-12(2)8-16(15)29-20(19)24-18(26)9-14-11-25-10-13(22)5-7-17(25)23-14/h5,7,10-12H,3-4,6,8-9H2,1-2H3,(H,24,26). The average Bonchev–Trinajstić information content (AvgIpc) is 3.20. The van der Waals surface area contributed by atoms with Crippen molar-refractivity contribution in [3.05, 3.63) is 51.2 Å². The largest absolute Gasteiger partial charge is 0.462 e. The van der Waals surface area contributed by atoms with Crippen molar-refractivity contribution >= 4 is 45.5 Å². The lowest BCUT2D eigenvalue weighted by atomic mass is 9.88. The molecule has 0 spiro atoms. The molecule has 1 aliphatic rings. The molecule has 3 aromatic heterocycles. The zero-order valence-electron chi connectivity index (χ0n) is 16.3. The molecule has 1 unspecified atom stereocenters. The van der Waals surface area contributed by atoms with Crippen molar-refractivity contribution in [2.24, 2.45) is 5.92 Å². The number of rotatable bonds is 5. The second-order valence-electron chi connectivity index (χ2n) is 7.35. The number of hydrogen-bond donors (Lipinski definition) is 1. The minimum Gasteiger partial charge on any atom is -0.462 e. The highest BCUT2D eigenvalue weighted by atomic mass is 35.5. The van der Waals surface area contributed by atoms with Gasteiger partial charge in [0.2, 0.25) is 5.91 Å². The number of ether oxygens (including phenoxy) is 1. The van der Waals surface area contributed by atoms with Crippen LogP contribution in [0.2, 0.25) is 5.02 Å². The number of aromatic nitrogens is 2. The lowest BCUT2D eigenvalue weighted by Crippen LogP contribution is -2.18. The molecule has 4 rings (SSSR count). The lowest BCUT2D eigenvalue weighted by Gasteiger charge is -2.18. The van der Waals surface area contributed by atoms with Crippen molar-refractivity contribution in [1.29, 1.82) is 0 Å². The van der Waals surface area contributed by atoms with Gasteiger partial charge in [0.15, 0.2) is 0 Å². The fraction of sp³-hybridized carbons (Fsp3) is 0.381. The van der Waals surface area contributed by atoms with Gasteiger partial charge < -0.3 is 14.5 Å². The van der Waals surface area contributed by atoms with E-state index in [-0.39, 0.29) is 18.3 Å². The van der Waals surface area contributed by atoms with Crippen LogP contribution in [0.1, 0.15) is 46.8 Å². The number of carbonyl (C=O) groups excluding carboxylic acids is 2. The highest BCUT2D eigenvalue weighted by molar-refractivity contribution is 7.17. The van der Waals surface area contributed by atoms with E-state index in [9.17, 15) is 9.59 Å². The van der Waals surface area contributed by atoms with Gasteiger partial charge in [-0.25, -0.2) is 9.78 Å². The van der Waals surface area contributed by atoms with Gasteiger partial charge in [-0.1, -0.05) is 18.5 Å². The van der Waals surface area contributed by atoms with E-state index in [2.05, 4.69) is 17.2 Å². The first-order valence-electron chi connectivity index (χ1n) is 9.69. The summed E-state index contributed by atoms with van der Waals surface area (Å²) in [5, 5.41) is 4.11. The maximum atomic E-state index is 12.7. The van der Waals surface area contributed by atoms with Crippen LogP contribution in [0.4, 0.5) is 5.00 Å². The summed E-state index contributed by atoms with van der Waals surface area (Å²) in [4.78, 5) is 30.9. The van der Waals surface area contributed by atoms with E-state index in [1.54, 1.807) is 35.9 Å². The number of halogens is 1. The maximum Gasteiger partial charge on any atom is 0.341 e. The quantitative estimate of drug-likeness (QED) is 0.602. The predicted octanol–water partition coefficient (Wildman–Crippen LogP) is 4.53. The van der Waals surface area contributed by atoms with E-state index in [0.29, 0.717) is 33.8 Å².